The number of aryl methyl sites for hydroxylation is 1. The van der Waals surface area contributed by atoms with Crippen LogP contribution < -0.4 is 0 Å². The lowest BCUT2D eigenvalue weighted by Gasteiger charge is -2.22. The number of ether oxygens (including phenoxy) is 1. The number of halogens is 1. The number of aromatic nitrogens is 1. The third-order valence-electron chi connectivity index (χ3n) is 4.59. The van der Waals surface area contributed by atoms with Gasteiger partial charge >= 0.3 is 5.97 Å². The maximum absolute atomic E-state index is 12.1. The Morgan fingerprint density at radius 3 is 2.54 bits per heavy atom. The van der Waals surface area contributed by atoms with Crippen molar-refractivity contribution >= 4 is 28.5 Å². The molecule has 5 heteroatoms. The Labute approximate surface area is 170 Å². The van der Waals surface area contributed by atoms with Gasteiger partial charge < -0.3 is 9.84 Å². The number of aliphatic hydroxyl groups is 1. The van der Waals surface area contributed by atoms with Crippen LogP contribution in [0.2, 0.25) is 5.02 Å². The molecule has 0 spiro atoms. The van der Waals surface area contributed by atoms with Crippen molar-refractivity contribution in [3.05, 3.63) is 64.8 Å². The monoisotopic (exact) mass is 397 g/mol. The highest BCUT2D eigenvalue weighted by Gasteiger charge is 2.26. The molecule has 3 aromatic rings. The summed E-state index contributed by atoms with van der Waals surface area (Å²) in [6.07, 6.45) is 0.760. The number of carbonyl (C=O) groups is 1. The van der Waals surface area contributed by atoms with Crippen molar-refractivity contribution in [3.8, 4) is 11.1 Å². The van der Waals surface area contributed by atoms with Gasteiger partial charge in [0.25, 0.3) is 0 Å². The first kappa shape index (κ1) is 20.3. The molecular formula is C23H24ClNO3. The zero-order valence-electron chi connectivity index (χ0n) is 16.5. The summed E-state index contributed by atoms with van der Waals surface area (Å²) in [6.45, 7) is 7.18. The molecule has 0 aliphatic rings. The first-order chi connectivity index (χ1) is 13.2. The van der Waals surface area contributed by atoms with Crippen LogP contribution in [0.4, 0.5) is 0 Å². The number of aliphatic hydroxyl groups excluding tert-OH is 1. The van der Waals surface area contributed by atoms with Crippen LogP contribution >= 0.6 is 11.6 Å². The van der Waals surface area contributed by atoms with E-state index in [2.05, 4.69) is 4.98 Å². The highest BCUT2D eigenvalue weighted by molar-refractivity contribution is 6.30. The zero-order chi connectivity index (χ0) is 20.5. The average molecular weight is 398 g/mol. The van der Waals surface area contributed by atoms with Crippen LogP contribution in [-0.2, 0) is 9.53 Å². The van der Waals surface area contributed by atoms with E-state index in [1.54, 1.807) is 27.0 Å². The van der Waals surface area contributed by atoms with E-state index in [0.717, 1.165) is 27.6 Å². The highest BCUT2D eigenvalue weighted by atomic mass is 35.5. The number of hydrogen-bond donors (Lipinski definition) is 1. The predicted molar refractivity (Wildman–Crippen MR) is 112 cm³/mol. The Balaban J connectivity index is 2.10. The molecule has 1 heterocycles. The van der Waals surface area contributed by atoms with Crippen molar-refractivity contribution in [2.24, 2.45) is 5.41 Å². The third-order valence-corrected chi connectivity index (χ3v) is 4.84. The topological polar surface area (TPSA) is 59.4 Å². The number of esters is 1. The molecule has 0 bridgehead atoms. The van der Waals surface area contributed by atoms with Gasteiger partial charge in [0.1, 0.15) is 12.7 Å². The van der Waals surface area contributed by atoms with E-state index in [0.29, 0.717) is 10.6 Å². The number of rotatable bonds is 4. The number of fused-ring (bicyclic) bond motifs is 1. The summed E-state index contributed by atoms with van der Waals surface area (Å²) in [7, 11) is 0. The normalized spacial score (nSPS) is 12.8. The SMILES string of the molecule is Cc1cc2cccnc2c(-c2ccc(Cl)cc2)c1C(O)COC(=O)C(C)(C)C. The van der Waals surface area contributed by atoms with E-state index in [1.165, 1.54) is 0 Å². The number of pyridine rings is 1. The molecule has 1 N–H and O–H groups in total. The van der Waals surface area contributed by atoms with Crippen molar-refractivity contribution in [1.29, 1.82) is 0 Å². The van der Waals surface area contributed by atoms with E-state index in [4.69, 9.17) is 16.3 Å². The van der Waals surface area contributed by atoms with Crippen LogP contribution in [0, 0.1) is 12.3 Å². The number of hydrogen-bond acceptors (Lipinski definition) is 4. The Bertz CT molecular complexity index is 1010. The lowest BCUT2D eigenvalue weighted by molar-refractivity contribution is -0.156. The Kier molecular flexibility index (Phi) is 5.73. The molecule has 1 atom stereocenters. The third kappa shape index (κ3) is 4.18. The zero-order valence-corrected chi connectivity index (χ0v) is 17.2. The fourth-order valence-electron chi connectivity index (χ4n) is 3.17. The Morgan fingerprint density at radius 2 is 1.89 bits per heavy atom. The van der Waals surface area contributed by atoms with E-state index in [1.807, 2.05) is 49.4 Å². The smallest absolute Gasteiger partial charge is 0.311 e. The van der Waals surface area contributed by atoms with Gasteiger partial charge in [-0.05, 0) is 68.7 Å². The van der Waals surface area contributed by atoms with E-state index in [9.17, 15) is 9.90 Å². The van der Waals surface area contributed by atoms with Gasteiger partial charge in [-0.3, -0.25) is 9.78 Å². The molecule has 0 aliphatic heterocycles. The van der Waals surface area contributed by atoms with Crippen LogP contribution in [0.15, 0.2) is 48.7 Å². The first-order valence-corrected chi connectivity index (χ1v) is 9.55. The molecule has 0 amide bonds. The fourth-order valence-corrected chi connectivity index (χ4v) is 3.30. The molecule has 0 radical (unpaired) electrons. The van der Waals surface area contributed by atoms with Crippen LogP contribution in [0.25, 0.3) is 22.0 Å². The number of nitrogens with zero attached hydrogens (tertiary/aromatic N) is 1. The molecule has 0 saturated heterocycles. The number of carbonyl (C=O) groups excluding carboxylic acids is 1. The van der Waals surface area contributed by atoms with E-state index >= 15 is 0 Å². The first-order valence-electron chi connectivity index (χ1n) is 9.18. The molecule has 2 aromatic carbocycles. The van der Waals surface area contributed by atoms with Crippen molar-refractivity contribution in [1.82, 2.24) is 4.98 Å². The summed E-state index contributed by atoms with van der Waals surface area (Å²) in [5.74, 6) is -0.351. The Morgan fingerprint density at radius 1 is 1.21 bits per heavy atom. The second kappa shape index (κ2) is 7.90. The molecule has 0 fully saturated rings. The van der Waals surface area contributed by atoms with Crippen LogP contribution in [-0.4, -0.2) is 22.7 Å². The molecule has 1 unspecified atom stereocenters. The fraction of sp³-hybridized carbons (Fsp3) is 0.304. The lowest BCUT2D eigenvalue weighted by atomic mass is 9.89. The highest BCUT2D eigenvalue weighted by Crippen LogP contribution is 2.37. The Hall–Kier alpha value is -2.43. The summed E-state index contributed by atoms with van der Waals surface area (Å²) in [6, 6.07) is 13.3. The van der Waals surface area contributed by atoms with Gasteiger partial charge in [-0.1, -0.05) is 29.8 Å². The molecular weight excluding hydrogens is 374 g/mol. The molecule has 4 nitrogen and oxygen atoms in total. The minimum atomic E-state index is -0.969. The maximum atomic E-state index is 12.1. The molecule has 0 saturated carbocycles. The summed E-state index contributed by atoms with van der Waals surface area (Å²) >= 11 is 6.06. The minimum absolute atomic E-state index is 0.115. The summed E-state index contributed by atoms with van der Waals surface area (Å²) in [4.78, 5) is 16.7. The van der Waals surface area contributed by atoms with E-state index < -0.39 is 11.5 Å². The van der Waals surface area contributed by atoms with Crippen LogP contribution in [0.1, 0.15) is 38.0 Å². The minimum Gasteiger partial charge on any atom is -0.462 e. The molecule has 1 aromatic heterocycles. The molecule has 0 aliphatic carbocycles. The second-order valence-corrected chi connectivity index (χ2v) is 8.36. The summed E-state index contributed by atoms with van der Waals surface area (Å²) in [5, 5.41) is 12.6. The second-order valence-electron chi connectivity index (χ2n) is 7.93. The van der Waals surface area contributed by atoms with Gasteiger partial charge in [-0.15, -0.1) is 0 Å². The van der Waals surface area contributed by atoms with Crippen molar-refractivity contribution in [2.75, 3.05) is 6.61 Å². The molecule has 146 valence electrons. The van der Waals surface area contributed by atoms with Crippen molar-refractivity contribution < 1.29 is 14.6 Å². The van der Waals surface area contributed by atoms with Gasteiger partial charge in [0, 0.05) is 22.2 Å². The summed E-state index contributed by atoms with van der Waals surface area (Å²) < 4.78 is 5.37. The number of benzene rings is 2. The molecule has 28 heavy (non-hydrogen) atoms. The van der Waals surface area contributed by atoms with E-state index in [-0.39, 0.29) is 12.6 Å². The van der Waals surface area contributed by atoms with Gasteiger partial charge in [-0.25, -0.2) is 0 Å². The van der Waals surface area contributed by atoms with Gasteiger partial charge in [-0.2, -0.15) is 0 Å². The predicted octanol–water partition coefficient (Wildman–Crippen LogP) is 5.49. The largest absolute Gasteiger partial charge is 0.462 e. The average Bonchev–Trinajstić information content (AvgIpc) is 2.64. The van der Waals surface area contributed by atoms with Crippen LogP contribution in [0.3, 0.4) is 0 Å². The van der Waals surface area contributed by atoms with Crippen LogP contribution in [0.5, 0.6) is 0 Å². The van der Waals surface area contributed by atoms with Gasteiger partial charge in [0.05, 0.1) is 10.9 Å². The van der Waals surface area contributed by atoms with Crippen molar-refractivity contribution in [3.63, 3.8) is 0 Å². The van der Waals surface area contributed by atoms with Crippen molar-refractivity contribution in [2.45, 2.75) is 33.8 Å². The standard InChI is InChI=1S/C23H24ClNO3/c1-14-12-16-6-5-11-25-21(16)20(15-7-9-17(24)10-8-15)19(14)18(26)13-28-22(27)23(2,3)4/h5-12,18,26H,13H2,1-4H3. The maximum Gasteiger partial charge on any atom is 0.311 e. The van der Waals surface area contributed by atoms with Gasteiger partial charge in [0.2, 0.25) is 0 Å². The lowest BCUT2D eigenvalue weighted by Crippen LogP contribution is -2.25. The quantitative estimate of drug-likeness (QED) is 0.591. The summed E-state index contributed by atoms with van der Waals surface area (Å²) in [5.41, 5.74) is 3.49. The van der Waals surface area contributed by atoms with Gasteiger partial charge in [0.15, 0.2) is 0 Å². The molecule has 3 rings (SSSR count).